The van der Waals surface area contributed by atoms with Gasteiger partial charge in [-0.15, -0.1) is 0 Å². The molecule has 5 rings (SSSR count). The van der Waals surface area contributed by atoms with Crippen molar-refractivity contribution in [2.24, 2.45) is 11.1 Å². The summed E-state index contributed by atoms with van der Waals surface area (Å²) in [6.07, 6.45) is -0.430. The molecule has 1 aliphatic heterocycles. The van der Waals surface area contributed by atoms with Crippen molar-refractivity contribution in [1.82, 2.24) is 15.2 Å². The summed E-state index contributed by atoms with van der Waals surface area (Å²) in [4.78, 5) is 67.0. The fourth-order valence-corrected chi connectivity index (χ4v) is 5.97. The van der Waals surface area contributed by atoms with Crippen LogP contribution in [0.3, 0.4) is 0 Å². The Morgan fingerprint density at radius 3 is 2.22 bits per heavy atom. The molecule has 0 bridgehead atoms. The molecule has 1 N–H and O–H groups in total. The van der Waals surface area contributed by atoms with Crippen LogP contribution in [0.25, 0.3) is 10.9 Å². The molecule has 3 atom stereocenters. The number of benzene rings is 3. The summed E-state index contributed by atoms with van der Waals surface area (Å²) in [5.41, 5.74) is -0.646. The van der Waals surface area contributed by atoms with Crippen molar-refractivity contribution in [1.29, 1.82) is 0 Å². The third-order valence-corrected chi connectivity index (χ3v) is 8.54. The Bertz CT molecular complexity index is 1910. The number of ketones is 1. The van der Waals surface area contributed by atoms with Crippen LogP contribution in [0.15, 0.2) is 102 Å². The molecule has 1 aromatic heterocycles. The average molecular weight is 693 g/mol. The lowest BCUT2D eigenvalue weighted by molar-refractivity contribution is -0.164. The van der Waals surface area contributed by atoms with Crippen LogP contribution in [-0.2, 0) is 29.6 Å². The number of rotatable bonds is 13. The van der Waals surface area contributed by atoms with Gasteiger partial charge in [0.25, 0.3) is 11.8 Å². The van der Waals surface area contributed by atoms with Crippen molar-refractivity contribution in [3.05, 3.63) is 108 Å². The van der Waals surface area contributed by atoms with E-state index in [1.54, 1.807) is 75.4 Å². The van der Waals surface area contributed by atoms with Crippen LogP contribution in [-0.4, -0.2) is 70.5 Å². The van der Waals surface area contributed by atoms with Crippen LogP contribution in [0.5, 0.6) is 5.75 Å². The Labute approximate surface area is 298 Å². The molecule has 1 aliphatic rings. The number of para-hydroxylation sites is 2. The van der Waals surface area contributed by atoms with Gasteiger partial charge < -0.3 is 24.5 Å². The first-order valence-corrected chi connectivity index (χ1v) is 16.9. The first-order chi connectivity index (χ1) is 24.3. The van der Waals surface area contributed by atoms with E-state index in [1.807, 2.05) is 56.3 Å². The highest BCUT2D eigenvalue weighted by atomic mass is 16.7. The number of hydrogen-bond donors (Lipinski definition) is 1. The molecule has 266 valence electrons. The standard InChI is InChI=1S/C40H44N4O7/c1-26(2)36(42-37(47)31-22-21-27-15-13-14-20-30(27)41-31)32-24-40(51-43-32,28-16-9-7-10-17-28)38(48)44(6)33(23-35(46)50-39(3,4)5)34(45)25-49-29-18-11-8-12-19-29/h7-22,26,33,36H,23-25H2,1-6H3,(H,42,47)/t33-,36-,40?/m0/s1. The molecule has 2 amide bonds. The number of pyridine rings is 1. The van der Waals surface area contributed by atoms with Gasteiger partial charge in [0.1, 0.15) is 29.7 Å². The molecule has 3 aromatic carbocycles. The van der Waals surface area contributed by atoms with Crippen LogP contribution in [0, 0.1) is 5.92 Å². The number of aromatic nitrogens is 1. The van der Waals surface area contributed by atoms with Gasteiger partial charge in [0.15, 0.2) is 5.78 Å². The number of carbonyl (C=O) groups excluding carboxylic acids is 4. The summed E-state index contributed by atoms with van der Waals surface area (Å²) >= 11 is 0. The Morgan fingerprint density at radius 1 is 0.902 bits per heavy atom. The molecule has 11 nitrogen and oxygen atoms in total. The number of nitrogens with one attached hydrogen (secondary N) is 1. The lowest BCUT2D eigenvalue weighted by Gasteiger charge is -2.35. The number of Topliss-reactive ketones (excluding diaryl/α,β-unsaturated/α-hetero) is 1. The molecular weight excluding hydrogens is 648 g/mol. The molecule has 0 spiro atoms. The third kappa shape index (κ3) is 8.78. The van der Waals surface area contributed by atoms with Crippen LogP contribution < -0.4 is 10.1 Å². The van der Waals surface area contributed by atoms with Gasteiger partial charge in [-0.2, -0.15) is 0 Å². The van der Waals surface area contributed by atoms with Gasteiger partial charge in [-0.3, -0.25) is 19.2 Å². The monoisotopic (exact) mass is 692 g/mol. The maximum absolute atomic E-state index is 14.7. The van der Waals surface area contributed by atoms with E-state index in [0.717, 1.165) is 5.39 Å². The number of fused-ring (bicyclic) bond motifs is 1. The predicted molar refractivity (Wildman–Crippen MR) is 193 cm³/mol. The number of amides is 2. The molecule has 51 heavy (non-hydrogen) atoms. The molecule has 0 saturated heterocycles. The summed E-state index contributed by atoms with van der Waals surface area (Å²) in [7, 11) is 1.46. The van der Waals surface area contributed by atoms with E-state index >= 15 is 0 Å². The number of hydrogen-bond acceptors (Lipinski definition) is 9. The van der Waals surface area contributed by atoms with E-state index < -0.39 is 53.3 Å². The van der Waals surface area contributed by atoms with Gasteiger partial charge >= 0.3 is 5.97 Å². The molecule has 4 aromatic rings. The first-order valence-electron chi connectivity index (χ1n) is 16.9. The number of nitrogens with zero attached hydrogens (tertiary/aromatic N) is 3. The van der Waals surface area contributed by atoms with Crippen molar-refractivity contribution >= 4 is 40.2 Å². The summed E-state index contributed by atoms with van der Waals surface area (Å²) in [5.74, 6) is -1.83. The maximum Gasteiger partial charge on any atom is 0.308 e. The fourth-order valence-electron chi connectivity index (χ4n) is 5.97. The van der Waals surface area contributed by atoms with Crippen LogP contribution >= 0.6 is 0 Å². The van der Waals surface area contributed by atoms with E-state index in [1.165, 1.54) is 11.9 Å². The van der Waals surface area contributed by atoms with Gasteiger partial charge in [0.2, 0.25) is 5.60 Å². The third-order valence-electron chi connectivity index (χ3n) is 8.54. The highest BCUT2D eigenvalue weighted by Crippen LogP contribution is 2.39. The summed E-state index contributed by atoms with van der Waals surface area (Å²) in [6, 6.07) is 26.8. The molecule has 0 aliphatic carbocycles. The number of carbonyl (C=O) groups is 4. The van der Waals surface area contributed by atoms with Crippen molar-refractivity contribution in [3.8, 4) is 5.75 Å². The van der Waals surface area contributed by atoms with E-state index in [4.69, 9.17) is 14.3 Å². The van der Waals surface area contributed by atoms with Crippen LogP contribution in [0.2, 0.25) is 0 Å². The number of oxime groups is 1. The predicted octanol–water partition coefficient (Wildman–Crippen LogP) is 5.87. The van der Waals surface area contributed by atoms with Crippen molar-refractivity contribution < 1.29 is 33.5 Å². The normalized spacial score (nSPS) is 16.8. The Balaban J connectivity index is 1.42. The first kappa shape index (κ1) is 36.7. The zero-order valence-electron chi connectivity index (χ0n) is 29.8. The Hall–Kier alpha value is -5.58. The summed E-state index contributed by atoms with van der Waals surface area (Å²) < 4.78 is 11.3. The van der Waals surface area contributed by atoms with Gasteiger partial charge in [-0.05, 0) is 51.0 Å². The quantitative estimate of drug-likeness (QED) is 0.172. The zero-order valence-corrected chi connectivity index (χ0v) is 29.8. The smallest absolute Gasteiger partial charge is 0.308 e. The van der Waals surface area contributed by atoms with Gasteiger partial charge in [-0.25, -0.2) is 4.98 Å². The highest BCUT2D eigenvalue weighted by Gasteiger charge is 2.53. The van der Waals surface area contributed by atoms with Crippen molar-refractivity contribution in [2.75, 3.05) is 13.7 Å². The van der Waals surface area contributed by atoms with Crippen LogP contribution in [0.1, 0.15) is 63.5 Å². The molecule has 2 heterocycles. The second-order valence-electron chi connectivity index (χ2n) is 13.9. The number of likely N-dealkylation sites (N-methyl/N-ethyl adjacent to an activating group) is 1. The second kappa shape index (κ2) is 15.5. The molecule has 0 fully saturated rings. The van der Waals surface area contributed by atoms with E-state index in [0.29, 0.717) is 22.5 Å². The second-order valence-corrected chi connectivity index (χ2v) is 13.9. The Kier molecular flexibility index (Phi) is 11.2. The Morgan fingerprint density at radius 2 is 1.55 bits per heavy atom. The SMILES string of the molecule is CC(C)[C@H](NC(=O)c1ccc2ccccc2n1)C1=NOC(C(=O)N(C)[C@@H](CC(=O)OC(C)(C)C)C(=O)COc2ccccc2)(c2ccccc2)C1. The molecule has 0 saturated carbocycles. The summed E-state index contributed by atoms with van der Waals surface area (Å²) in [6.45, 7) is 8.65. The molecule has 1 unspecified atom stereocenters. The minimum atomic E-state index is -1.70. The average Bonchev–Trinajstić information content (AvgIpc) is 3.57. The van der Waals surface area contributed by atoms with E-state index in [9.17, 15) is 19.2 Å². The minimum Gasteiger partial charge on any atom is -0.486 e. The largest absolute Gasteiger partial charge is 0.486 e. The molecule has 11 heteroatoms. The topological polar surface area (TPSA) is 136 Å². The van der Waals surface area contributed by atoms with Gasteiger partial charge in [-0.1, -0.05) is 91.8 Å². The maximum atomic E-state index is 14.7. The van der Waals surface area contributed by atoms with Gasteiger partial charge in [0.05, 0.1) is 23.7 Å². The lowest BCUT2D eigenvalue weighted by Crippen LogP contribution is -2.54. The zero-order chi connectivity index (χ0) is 36.8. The number of esters is 1. The van der Waals surface area contributed by atoms with Crippen molar-refractivity contribution in [2.45, 2.75) is 70.7 Å². The van der Waals surface area contributed by atoms with Crippen LogP contribution in [0.4, 0.5) is 0 Å². The van der Waals surface area contributed by atoms with E-state index in [-0.39, 0.29) is 24.6 Å². The lowest BCUT2D eigenvalue weighted by atomic mass is 9.83. The van der Waals surface area contributed by atoms with E-state index in [2.05, 4.69) is 15.5 Å². The highest BCUT2D eigenvalue weighted by molar-refractivity contribution is 6.04. The van der Waals surface area contributed by atoms with Crippen molar-refractivity contribution in [3.63, 3.8) is 0 Å². The minimum absolute atomic E-state index is 0.0255. The fraction of sp³-hybridized carbons (Fsp3) is 0.350. The molecular formula is C40H44N4O7. The number of ether oxygens (including phenoxy) is 2. The molecule has 0 radical (unpaired) electrons. The summed E-state index contributed by atoms with van der Waals surface area (Å²) in [5, 5.41) is 8.37. The van der Waals surface area contributed by atoms with Gasteiger partial charge in [0, 0.05) is 24.4 Å².